The van der Waals surface area contributed by atoms with E-state index in [-0.39, 0.29) is 18.1 Å². The van der Waals surface area contributed by atoms with Crippen molar-refractivity contribution in [1.82, 2.24) is 9.88 Å². The van der Waals surface area contributed by atoms with Crippen LogP contribution in [0.2, 0.25) is 0 Å². The molecule has 0 fully saturated rings. The van der Waals surface area contributed by atoms with Crippen LogP contribution in [0, 0.1) is 12.7 Å². The lowest BCUT2D eigenvalue weighted by atomic mass is 10.1. The van der Waals surface area contributed by atoms with Gasteiger partial charge in [-0.1, -0.05) is 18.2 Å². The number of halogens is 1. The molecular weight excluding hydrogens is 399 g/mol. The maximum Gasteiger partial charge on any atom is 0.352 e. The predicted molar refractivity (Wildman–Crippen MR) is 115 cm³/mol. The summed E-state index contributed by atoms with van der Waals surface area (Å²) in [5, 5.41) is 14.1. The zero-order valence-corrected chi connectivity index (χ0v) is 17.3. The first-order chi connectivity index (χ1) is 15.0. The van der Waals surface area contributed by atoms with Crippen LogP contribution >= 0.6 is 0 Å². The van der Waals surface area contributed by atoms with Gasteiger partial charge in [-0.15, -0.1) is 0 Å². The minimum Gasteiger partial charge on any atom is -0.497 e. The van der Waals surface area contributed by atoms with Crippen LogP contribution in [0.25, 0.3) is 10.9 Å². The Balaban J connectivity index is 1.77. The second kappa shape index (κ2) is 8.65. The number of carboxylic acids is 1. The molecule has 0 saturated carbocycles. The van der Waals surface area contributed by atoms with Crippen LogP contribution in [0.5, 0.6) is 5.75 Å². The lowest BCUT2D eigenvalue weighted by Gasteiger charge is -2.11. The van der Waals surface area contributed by atoms with Crippen molar-refractivity contribution < 1.29 is 23.4 Å². The molecule has 0 bridgehead atoms. The van der Waals surface area contributed by atoms with Gasteiger partial charge < -0.3 is 24.1 Å². The van der Waals surface area contributed by atoms with E-state index in [0.717, 1.165) is 16.9 Å². The Morgan fingerprint density at radius 1 is 1.16 bits per heavy atom. The highest BCUT2D eigenvalue weighted by Crippen LogP contribution is 2.31. The smallest absolute Gasteiger partial charge is 0.352 e. The van der Waals surface area contributed by atoms with E-state index in [1.165, 1.54) is 6.07 Å². The Morgan fingerprint density at radius 2 is 1.97 bits per heavy atom. The highest BCUT2D eigenvalue weighted by molar-refractivity contribution is 5.98. The summed E-state index contributed by atoms with van der Waals surface area (Å²) >= 11 is 0. The fourth-order valence-electron chi connectivity index (χ4n) is 3.80. The van der Waals surface area contributed by atoms with Gasteiger partial charge in [0.05, 0.1) is 25.7 Å². The molecule has 7 heteroatoms. The van der Waals surface area contributed by atoms with Crippen molar-refractivity contribution in [2.24, 2.45) is 0 Å². The maximum atomic E-state index is 14.3. The molecule has 2 heterocycles. The number of fused-ring (bicyclic) bond motifs is 1. The molecular formula is C24H23FN2O4. The fourth-order valence-corrected chi connectivity index (χ4v) is 3.80. The summed E-state index contributed by atoms with van der Waals surface area (Å²) in [6, 6.07) is 15.5. The van der Waals surface area contributed by atoms with Gasteiger partial charge in [-0.05, 0) is 37.3 Å². The Labute approximate surface area is 178 Å². The Morgan fingerprint density at radius 3 is 2.65 bits per heavy atom. The summed E-state index contributed by atoms with van der Waals surface area (Å²) < 4.78 is 26.9. The van der Waals surface area contributed by atoms with E-state index >= 15 is 0 Å². The number of nitrogens with one attached hydrogen (secondary N) is 1. The van der Waals surface area contributed by atoms with Crippen molar-refractivity contribution in [1.29, 1.82) is 0 Å². The van der Waals surface area contributed by atoms with E-state index in [1.54, 1.807) is 42.0 Å². The normalized spacial score (nSPS) is 11.2. The summed E-state index contributed by atoms with van der Waals surface area (Å²) in [5.41, 5.74) is 1.83. The van der Waals surface area contributed by atoms with E-state index in [9.17, 15) is 14.3 Å². The Hall–Kier alpha value is -3.58. The molecule has 0 atom stereocenters. The van der Waals surface area contributed by atoms with Crippen LogP contribution in [0.15, 0.2) is 59.0 Å². The van der Waals surface area contributed by atoms with Crippen molar-refractivity contribution in [3.8, 4) is 5.75 Å². The minimum atomic E-state index is -1.07. The number of benzene rings is 2. The van der Waals surface area contributed by atoms with Gasteiger partial charge in [0.15, 0.2) is 0 Å². The lowest BCUT2D eigenvalue weighted by molar-refractivity contribution is 0.0684. The molecule has 0 unspecified atom stereocenters. The zero-order valence-electron chi connectivity index (χ0n) is 17.3. The third kappa shape index (κ3) is 4.18. The van der Waals surface area contributed by atoms with Crippen molar-refractivity contribution >= 4 is 16.9 Å². The van der Waals surface area contributed by atoms with Gasteiger partial charge in [-0.3, -0.25) is 0 Å². The molecule has 31 heavy (non-hydrogen) atoms. The average Bonchev–Trinajstić information content (AvgIpc) is 3.30. The minimum absolute atomic E-state index is 0.0926. The first kappa shape index (κ1) is 20.7. The molecule has 0 aliphatic heterocycles. The molecule has 2 aromatic heterocycles. The van der Waals surface area contributed by atoms with Crippen LogP contribution < -0.4 is 10.1 Å². The number of carboxylic acid groups (broad SMARTS) is 1. The molecule has 0 aliphatic carbocycles. The van der Waals surface area contributed by atoms with Crippen LogP contribution in [-0.2, 0) is 19.6 Å². The zero-order chi connectivity index (χ0) is 22.0. The molecule has 0 amide bonds. The number of furan rings is 1. The van der Waals surface area contributed by atoms with Gasteiger partial charge >= 0.3 is 5.97 Å². The molecule has 2 N–H and O–H groups in total. The highest BCUT2D eigenvalue weighted by Gasteiger charge is 2.23. The first-order valence-corrected chi connectivity index (χ1v) is 9.89. The summed E-state index contributed by atoms with van der Waals surface area (Å²) in [7, 11) is 1.55. The first-order valence-electron chi connectivity index (χ1n) is 9.89. The topological polar surface area (TPSA) is 76.6 Å². The van der Waals surface area contributed by atoms with Crippen LogP contribution in [0.4, 0.5) is 4.39 Å². The number of carbonyl (C=O) groups is 1. The largest absolute Gasteiger partial charge is 0.497 e. The predicted octanol–water partition coefficient (Wildman–Crippen LogP) is 4.73. The number of nitrogens with zero attached hydrogens (tertiary/aromatic N) is 1. The lowest BCUT2D eigenvalue weighted by Crippen LogP contribution is -2.17. The summed E-state index contributed by atoms with van der Waals surface area (Å²) in [6.45, 7) is 2.74. The monoisotopic (exact) mass is 422 g/mol. The molecule has 0 spiro atoms. The van der Waals surface area contributed by atoms with Gasteiger partial charge in [0, 0.05) is 29.1 Å². The highest BCUT2D eigenvalue weighted by atomic mass is 19.1. The van der Waals surface area contributed by atoms with Gasteiger partial charge in [-0.25, -0.2) is 9.18 Å². The number of hydrogen-bond donors (Lipinski definition) is 2. The van der Waals surface area contributed by atoms with Crippen molar-refractivity contribution in [3.05, 3.63) is 88.8 Å². The van der Waals surface area contributed by atoms with Gasteiger partial charge in [0.2, 0.25) is 0 Å². The van der Waals surface area contributed by atoms with Gasteiger partial charge in [0.1, 0.15) is 28.8 Å². The molecule has 0 aliphatic rings. The number of aryl methyl sites for hydroxylation is 1. The van der Waals surface area contributed by atoms with E-state index in [2.05, 4.69) is 5.32 Å². The molecule has 2 aromatic carbocycles. The standard InChI is InChI=1S/C24H23FN2O4/c1-15-7-8-18(31-15)12-26-13-20-19-10-9-17(30-2)11-22(19)27(23(20)24(28)29)14-16-5-3-4-6-21(16)25/h3-11,26H,12-14H2,1-2H3,(H,28,29). The molecule has 4 rings (SSSR count). The fraction of sp³-hybridized carbons (Fsp3) is 0.208. The summed E-state index contributed by atoms with van der Waals surface area (Å²) in [4.78, 5) is 12.3. The molecule has 160 valence electrons. The van der Waals surface area contributed by atoms with Crippen molar-refractivity contribution in [3.63, 3.8) is 0 Å². The second-order valence-corrected chi connectivity index (χ2v) is 7.31. The van der Waals surface area contributed by atoms with Gasteiger partial charge in [0.25, 0.3) is 0 Å². The molecule has 6 nitrogen and oxygen atoms in total. The Bertz CT molecular complexity index is 1240. The maximum absolute atomic E-state index is 14.3. The van der Waals surface area contributed by atoms with Crippen molar-refractivity contribution in [2.45, 2.75) is 26.6 Å². The molecule has 0 radical (unpaired) electrons. The van der Waals surface area contributed by atoms with Crippen LogP contribution in [-0.4, -0.2) is 22.8 Å². The molecule has 4 aromatic rings. The summed E-state index contributed by atoms with van der Waals surface area (Å²) in [6.07, 6.45) is 0. The van der Waals surface area contributed by atoms with E-state index in [0.29, 0.717) is 35.5 Å². The average molecular weight is 422 g/mol. The second-order valence-electron chi connectivity index (χ2n) is 7.31. The molecule has 0 saturated heterocycles. The number of rotatable bonds is 8. The van der Waals surface area contributed by atoms with Crippen molar-refractivity contribution in [2.75, 3.05) is 7.11 Å². The SMILES string of the molecule is COc1ccc2c(CNCc3ccc(C)o3)c(C(=O)O)n(Cc3ccccc3F)c2c1. The quantitative estimate of drug-likeness (QED) is 0.429. The van der Waals surface area contributed by atoms with E-state index < -0.39 is 5.97 Å². The number of aromatic nitrogens is 1. The number of hydrogen-bond acceptors (Lipinski definition) is 4. The number of aromatic carboxylic acids is 1. The van der Waals surface area contributed by atoms with E-state index in [4.69, 9.17) is 9.15 Å². The third-order valence-corrected chi connectivity index (χ3v) is 5.26. The Kier molecular flexibility index (Phi) is 5.77. The third-order valence-electron chi connectivity index (χ3n) is 5.26. The van der Waals surface area contributed by atoms with Crippen LogP contribution in [0.1, 0.15) is 33.1 Å². The van der Waals surface area contributed by atoms with Gasteiger partial charge in [-0.2, -0.15) is 0 Å². The summed E-state index contributed by atoms with van der Waals surface area (Å²) in [5.74, 6) is 0.735. The van der Waals surface area contributed by atoms with E-state index in [1.807, 2.05) is 25.1 Å². The van der Waals surface area contributed by atoms with Crippen LogP contribution in [0.3, 0.4) is 0 Å². The number of methoxy groups -OCH3 is 1. The number of ether oxygens (including phenoxy) is 1.